The number of pyridine rings is 1. The number of hydrogen-bond acceptors (Lipinski definition) is 4. The number of carbonyl (C=O) groups is 1. The summed E-state index contributed by atoms with van der Waals surface area (Å²) in [6.45, 7) is 7.17. The fourth-order valence-corrected chi connectivity index (χ4v) is 4.13. The number of anilines is 1. The van der Waals surface area contributed by atoms with Crippen molar-refractivity contribution in [1.29, 1.82) is 0 Å². The Balaban J connectivity index is 1.42. The summed E-state index contributed by atoms with van der Waals surface area (Å²) in [7, 11) is 0. The van der Waals surface area contributed by atoms with Crippen molar-refractivity contribution in [2.45, 2.75) is 39.2 Å². The number of rotatable bonds is 7. The standard InChI is InChI=1S/C24H30N4O2/c1-17(2)30-16-19-10-13-27(14-11-19)20-8-6-18(7-9-20)15-21-23(24(25)29)28-12-4-3-5-22(28)26-21/h3-9,12,17,19H,10-11,13-16H2,1-2H3,(H2,25,29). The van der Waals surface area contributed by atoms with Gasteiger partial charge in [0.1, 0.15) is 11.3 Å². The maximum Gasteiger partial charge on any atom is 0.267 e. The number of aromatic nitrogens is 2. The molecule has 0 atom stereocenters. The fourth-order valence-electron chi connectivity index (χ4n) is 4.13. The van der Waals surface area contributed by atoms with Crippen LogP contribution in [0.5, 0.6) is 0 Å². The second kappa shape index (κ2) is 8.88. The highest BCUT2D eigenvalue weighted by Gasteiger charge is 2.20. The fraction of sp³-hybridized carbons (Fsp3) is 0.417. The Morgan fingerprint density at radius 1 is 1.17 bits per heavy atom. The van der Waals surface area contributed by atoms with E-state index in [1.54, 1.807) is 4.40 Å². The highest BCUT2D eigenvalue weighted by Crippen LogP contribution is 2.25. The van der Waals surface area contributed by atoms with E-state index in [9.17, 15) is 4.79 Å². The average Bonchev–Trinajstić information content (AvgIpc) is 3.11. The van der Waals surface area contributed by atoms with Gasteiger partial charge in [-0.3, -0.25) is 9.20 Å². The van der Waals surface area contributed by atoms with Crippen LogP contribution in [0.4, 0.5) is 5.69 Å². The molecule has 0 spiro atoms. The van der Waals surface area contributed by atoms with Gasteiger partial charge in [-0.2, -0.15) is 0 Å². The Kier molecular flexibility index (Phi) is 6.04. The highest BCUT2D eigenvalue weighted by molar-refractivity contribution is 5.93. The number of nitrogens with two attached hydrogens (primary N) is 1. The van der Waals surface area contributed by atoms with Crippen molar-refractivity contribution in [3.8, 4) is 0 Å². The van der Waals surface area contributed by atoms with E-state index in [1.165, 1.54) is 5.69 Å². The summed E-state index contributed by atoms with van der Waals surface area (Å²) in [5, 5.41) is 0. The minimum absolute atomic E-state index is 0.304. The number of primary amides is 1. The van der Waals surface area contributed by atoms with E-state index in [2.05, 4.69) is 48.0 Å². The van der Waals surface area contributed by atoms with E-state index >= 15 is 0 Å². The quantitative estimate of drug-likeness (QED) is 0.650. The summed E-state index contributed by atoms with van der Waals surface area (Å²) >= 11 is 0. The minimum atomic E-state index is -0.454. The van der Waals surface area contributed by atoms with Gasteiger partial charge >= 0.3 is 0 Å². The maximum absolute atomic E-state index is 12.0. The van der Waals surface area contributed by atoms with E-state index in [0.717, 1.165) is 43.7 Å². The molecule has 3 heterocycles. The van der Waals surface area contributed by atoms with E-state index in [0.29, 0.717) is 29.8 Å². The number of piperidine rings is 1. The molecule has 1 aliphatic heterocycles. The molecule has 158 valence electrons. The molecule has 0 bridgehead atoms. The summed E-state index contributed by atoms with van der Waals surface area (Å²) in [5.41, 5.74) is 9.90. The van der Waals surface area contributed by atoms with Gasteiger partial charge in [-0.25, -0.2) is 4.98 Å². The molecule has 6 heteroatoms. The molecule has 0 aliphatic carbocycles. The second-order valence-electron chi connectivity index (χ2n) is 8.36. The number of ether oxygens (including phenoxy) is 1. The Bertz CT molecular complexity index is 1000. The summed E-state index contributed by atoms with van der Waals surface area (Å²) in [6, 6.07) is 14.2. The van der Waals surface area contributed by atoms with Gasteiger partial charge in [-0.15, -0.1) is 0 Å². The molecule has 2 aromatic heterocycles. The molecule has 2 N–H and O–H groups in total. The second-order valence-corrected chi connectivity index (χ2v) is 8.36. The SMILES string of the molecule is CC(C)OCC1CCN(c2ccc(Cc3nc4ccccn4c3C(N)=O)cc2)CC1. The highest BCUT2D eigenvalue weighted by atomic mass is 16.5. The van der Waals surface area contributed by atoms with Crippen molar-refractivity contribution in [3.05, 3.63) is 65.6 Å². The molecule has 0 unspecified atom stereocenters. The third-order valence-electron chi connectivity index (χ3n) is 5.79. The van der Waals surface area contributed by atoms with Gasteiger partial charge in [0.05, 0.1) is 11.8 Å². The van der Waals surface area contributed by atoms with Crippen LogP contribution in [0.2, 0.25) is 0 Å². The van der Waals surface area contributed by atoms with Crippen molar-refractivity contribution in [1.82, 2.24) is 9.38 Å². The summed E-state index contributed by atoms with van der Waals surface area (Å²) < 4.78 is 7.55. The zero-order valence-corrected chi connectivity index (χ0v) is 17.8. The number of imidazole rings is 1. The smallest absolute Gasteiger partial charge is 0.267 e. The Labute approximate surface area is 177 Å². The van der Waals surface area contributed by atoms with E-state index in [4.69, 9.17) is 10.5 Å². The molecule has 30 heavy (non-hydrogen) atoms. The molecular weight excluding hydrogens is 376 g/mol. The van der Waals surface area contributed by atoms with Crippen LogP contribution >= 0.6 is 0 Å². The average molecular weight is 407 g/mol. The normalized spacial score (nSPS) is 15.2. The van der Waals surface area contributed by atoms with Crippen LogP contribution < -0.4 is 10.6 Å². The van der Waals surface area contributed by atoms with Crippen LogP contribution in [0.25, 0.3) is 5.65 Å². The van der Waals surface area contributed by atoms with Gasteiger partial charge < -0.3 is 15.4 Å². The largest absolute Gasteiger partial charge is 0.379 e. The van der Waals surface area contributed by atoms with Gasteiger partial charge in [0.15, 0.2) is 0 Å². The first-order valence-corrected chi connectivity index (χ1v) is 10.7. The van der Waals surface area contributed by atoms with Crippen LogP contribution in [-0.2, 0) is 11.2 Å². The van der Waals surface area contributed by atoms with E-state index in [1.807, 2.05) is 24.4 Å². The zero-order chi connectivity index (χ0) is 21.1. The molecule has 1 amide bonds. The lowest BCUT2D eigenvalue weighted by Crippen LogP contribution is -2.35. The lowest BCUT2D eigenvalue weighted by molar-refractivity contribution is 0.0449. The topological polar surface area (TPSA) is 72.9 Å². The number of fused-ring (bicyclic) bond motifs is 1. The molecular formula is C24H30N4O2. The number of benzene rings is 1. The number of nitrogens with zero attached hydrogens (tertiary/aromatic N) is 3. The van der Waals surface area contributed by atoms with Crippen molar-refractivity contribution >= 4 is 17.2 Å². The van der Waals surface area contributed by atoms with Crippen molar-refractivity contribution in [2.75, 3.05) is 24.6 Å². The molecule has 1 aliphatic rings. The van der Waals surface area contributed by atoms with Crippen LogP contribution in [0.15, 0.2) is 48.7 Å². The van der Waals surface area contributed by atoms with Crippen LogP contribution in [0, 0.1) is 5.92 Å². The third-order valence-corrected chi connectivity index (χ3v) is 5.79. The third kappa shape index (κ3) is 4.49. The lowest BCUT2D eigenvalue weighted by atomic mass is 9.97. The predicted molar refractivity (Wildman–Crippen MR) is 119 cm³/mol. The number of hydrogen-bond donors (Lipinski definition) is 1. The van der Waals surface area contributed by atoms with Gasteiger partial charge in [0, 0.05) is 38.0 Å². The van der Waals surface area contributed by atoms with Gasteiger partial charge in [0.2, 0.25) is 0 Å². The molecule has 0 radical (unpaired) electrons. The Hall–Kier alpha value is -2.86. The Morgan fingerprint density at radius 3 is 2.57 bits per heavy atom. The lowest BCUT2D eigenvalue weighted by Gasteiger charge is -2.33. The first-order valence-electron chi connectivity index (χ1n) is 10.7. The van der Waals surface area contributed by atoms with E-state index < -0.39 is 5.91 Å². The first-order chi connectivity index (χ1) is 14.5. The molecule has 4 rings (SSSR count). The molecule has 1 fully saturated rings. The summed E-state index contributed by atoms with van der Waals surface area (Å²) in [6.07, 6.45) is 5.04. The van der Waals surface area contributed by atoms with Gasteiger partial charge in [-0.1, -0.05) is 18.2 Å². The monoisotopic (exact) mass is 406 g/mol. The first kappa shape index (κ1) is 20.4. The van der Waals surface area contributed by atoms with Gasteiger partial charge in [-0.05, 0) is 62.4 Å². The van der Waals surface area contributed by atoms with Crippen molar-refractivity contribution in [2.24, 2.45) is 11.7 Å². The van der Waals surface area contributed by atoms with Crippen LogP contribution in [0.3, 0.4) is 0 Å². The van der Waals surface area contributed by atoms with Crippen LogP contribution in [0.1, 0.15) is 48.4 Å². The van der Waals surface area contributed by atoms with Gasteiger partial charge in [0.25, 0.3) is 5.91 Å². The molecule has 3 aromatic rings. The maximum atomic E-state index is 12.0. The number of amides is 1. The minimum Gasteiger partial charge on any atom is -0.379 e. The zero-order valence-electron chi connectivity index (χ0n) is 17.8. The molecule has 1 aromatic carbocycles. The van der Waals surface area contributed by atoms with E-state index in [-0.39, 0.29) is 0 Å². The molecule has 6 nitrogen and oxygen atoms in total. The van der Waals surface area contributed by atoms with Crippen LogP contribution in [-0.4, -0.2) is 41.1 Å². The molecule has 0 saturated carbocycles. The number of carbonyl (C=O) groups excluding carboxylic acids is 1. The Morgan fingerprint density at radius 2 is 1.90 bits per heavy atom. The summed E-state index contributed by atoms with van der Waals surface area (Å²) in [4.78, 5) is 19.1. The predicted octanol–water partition coefficient (Wildman–Crippen LogP) is 3.67. The van der Waals surface area contributed by atoms with Crippen molar-refractivity contribution < 1.29 is 9.53 Å². The summed E-state index contributed by atoms with van der Waals surface area (Å²) in [5.74, 6) is 0.204. The molecule has 1 saturated heterocycles. The van der Waals surface area contributed by atoms with Crippen molar-refractivity contribution in [3.63, 3.8) is 0 Å².